The molecule has 1 N–H and O–H groups in total. The lowest BCUT2D eigenvalue weighted by Crippen LogP contribution is -2.23. The minimum absolute atomic E-state index is 0.00626. The Morgan fingerprint density at radius 1 is 1.28 bits per heavy atom. The number of pyridine rings is 1. The zero-order chi connectivity index (χ0) is 20.4. The average Bonchev–Trinajstić information content (AvgIpc) is 3.38. The molecule has 2 aromatic heterocycles. The van der Waals surface area contributed by atoms with E-state index >= 15 is 0 Å². The molecule has 0 aliphatic heterocycles. The fourth-order valence-corrected chi connectivity index (χ4v) is 4.08. The van der Waals surface area contributed by atoms with Crippen molar-refractivity contribution in [3.8, 4) is 0 Å². The molecular formula is C22H24ClN5O. The number of anilines is 1. The topological polar surface area (TPSA) is 72.7 Å². The van der Waals surface area contributed by atoms with Gasteiger partial charge in [0.1, 0.15) is 11.6 Å². The smallest absolute Gasteiger partial charge is 0.229 e. The van der Waals surface area contributed by atoms with Crippen LogP contribution in [0.4, 0.5) is 5.82 Å². The van der Waals surface area contributed by atoms with E-state index in [1.54, 1.807) is 12.1 Å². The van der Waals surface area contributed by atoms with Crippen LogP contribution in [0.5, 0.6) is 0 Å². The molecule has 2 heterocycles. The summed E-state index contributed by atoms with van der Waals surface area (Å²) in [4.78, 5) is 21.6. The number of hydrogen-bond acceptors (Lipinski definition) is 4. The van der Waals surface area contributed by atoms with Gasteiger partial charge in [0.25, 0.3) is 0 Å². The maximum Gasteiger partial charge on any atom is 0.229 e. The SMILES string of the molecule is CCc1nc(C)n(CCC2(c3ccccc3)CC2C(=O)Nc2ccc(Cl)cn2)n1. The van der Waals surface area contributed by atoms with Crippen LogP contribution in [0.25, 0.3) is 0 Å². The molecule has 150 valence electrons. The third kappa shape index (κ3) is 4.03. The molecule has 29 heavy (non-hydrogen) atoms. The number of carbonyl (C=O) groups excluding carboxylic acids is 1. The highest BCUT2D eigenvalue weighted by Gasteiger charge is 2.58. The highest BCUT2D eigenvalue weighted by molar-refractivity contribution is 6.30. The van der Waals surface area contributed by atoms with Crippen molar-refractivity contribution in [3.05, 3.63) is 70.9 Å². The fraction of sp³-hybridized carbons (Fsp3) is 0.364. The van der Waals surface area contributed by atoms with Crippen molar-refractivity contribution in [2.45, 2.75) is 45.1 Å². The van der Waals surface area contributed by atoms with E-state index in [4.69, 9.17) is 11.6 Å². The number of halogens is 1. The van der Waals surface area contributed by atoms with Gasteiger partial charge in [-0.3, -0.25) is 9.48 Å². The summed E-state index contributed by atoms with van der Waals surface area (Å²) in [7, 11) is 0. The number of amides is 1. The molecular weight excluding hydrogens is 386 g/mol. The third-order valence-corrected chi connectivity index (χ3v) is 5.93. The number of carbonyl (C=O) groups is 1. The molecule has 4 rings (SSSR count). The number of benzene rings is 1. The molecule has 6 nitrogen and oxygen atoms in total. The predicted octanol–water partition coefficient (Wildman–Crippen LogP) is 4.18. The number of aromatic nitrogens is 4. The number of rotatable bonds is 7. The Hall–Kier alpha value is -2.73. The van der Waals surface area contributed by atoms with Crippen molar-refractivity contribution in [1.29, 1.82) is 0 Å². The first-order chi connectivity index (χ1) is 14.0. The molecule has 0 spiro atoms. The lowest BCUT2D eigenvalue weighted by atomic mass is 9.89. The first kappa shape index (κ1) is 19.6. The summed E-state index contributed by atoms with van der Waals surface area (Å²) in [6.07, 6.45) is 3.99. The Morgan fingerprint density at radius 2 is 2.07 bits per heavy atom. The fourth-order valence-electron chi connectivity index (χ4n) is 3.97. The average molecular weight is 410 g/mol. The van der Waals surface area contributed by atoms with Gasteiger partial charge in [-0.25, -0.2) is 9.97 Å². The predicted molar refractivity (Wildman–Crippen MR) is 113 cm³/mol. The molecule has 3 aromatic rings. The largest absolute Gasteiger partial charge is 0.310 e. The molecule has 1 amide bonds. The number of nitrogens with zero attached hydrogens (tertiary/aromatic N) is 4. The first-order valence-electron chi connectivity index (χ1n) is 9.90. The van der Waals surface area contributed by atoms with Gasteiger partial charge in [0, 0.05) is 30.5 Å². The van der Waals surface area contributed by atoms with E-state index in [1.807, 2.05) is 29.8 Å². The molecule has 0 saturated heterocycles. The van der Waals surface area contributed by atoms with Gasteiger partial charge >= 0.3 is 0 Å². The van der Waals surface area contributed by atoms with Crippen LogP contribution in [-0.2, 0) is 23.2 Å². The standard InChI is InChI=1S/C22H24ClN5O/c1-3-19-25-15(2)28(27-19)12-11-22(16-7-5-4-6-8-16)13-18(22)21(29)26-20-10-9-17(23)14-24-20/h4-10,14,18H,3,11-13H2,1-2H3,(H,24,26,29). The van der Waals surface area contributed by atoms with Gasteiger partial charge in [-0.15, -0.1) is 0 Å². The van der Waals surface area contributed by atoms with Crippen molar-refractivity contribution < 1.29 is 4.79 Å². The molecule has 0 bridgehead atoms. The summed E-state index contributed by atoms with van der Waals surface area (Å²) < 4.78 is 1.96. The molecule has 1 fully saturated rings. The van der Waals surface area contributed by atoms with Crippen LogP contribution >= 0.6 is 11.6 Å². The molecule has 1 aliphatic carbocycles. The van der Waals surface area contributed by atoms with Crippen LogP contribution in [0.15, 0.2) is 48.7 Å². The van der Waals surface area contributed by atoms with E-state index in [0.29, 0.717) is 10.8 Å². The second-order valence-corrected chi connectivity index (χ2v) is 7.97. The Labute approximate surface area is 175 Å². The monoisotopic (exact) mass is 409 g/mol. The quantitative estimate of drug-likeness (QED) is 0.635. The van der Waals surface area contributed by atoms with Crippen LogP contribution < -0.4 is 5.32 Å². The molecule has 2 unspecified atom stereocenters. The second kappa shape index (κ2) is 7.95. The summed E-state index contributed by atoms with van der Waals surface area (Å²) in [5.41, 5.74) is 1.00. The zero-order valence-corrected chi connectivity index (χ0v) is 17.4. The summed E-state index contributed by atoms with van der Waals surface area (Å²) in [5.74, 6) is 2.19. The summed E-state index contributed by atoms with van der Waals surface area (Å²) >= 11 is 5.88. The van der Waals surface area contributed by atoms with Crippen molar-refractivity contribution in [3.63, 3.8) is 0 Å². The number of aryl methyl sites for hydroxylation is 3. The first-order valence-corrected chi connectivity index (χ1v) is 10.3. The van der Waals surface area contributed by atoms with Crippen LogP contribution in [0.2, 0.25) is 5.02 Å². The van der Waals surface area contributed by atoms with Crippen molar-refractivity contribution >= 4 is 23.3 Å². The zero-order valence-electron chi connectivity index (χ0n) is 16.6. The summed E-state index contributed by atoms with van der Waals surface area (Å²) in [6, 6.07) is 13.7. The maximum absolute atomic E-state index is 13.0. The molecule has 2 atom stereocenters. The van der Waals surface area contributed by atoms with E-state index in [0.717, 1.165) is 37.5 Å². The van der Waals surface area contributed by atoms with Crippen LogP contribution in [-0.4, -0.2) is 25.7 Å². The van der Waals surface area contributed by atoms with E-state index in [1.165, 1.54) is 11.8 Å². The van der Waals surface area contributed by atoms with E-state index in [-0.39, 0.29) is 17.2 Å². The Kier molecular flexibility index (Phi) is 5.37. The minimum Gasteiger partial charge on any atom is -0.310 e. The summed E-state index contributed by atoms with van der Waals surface area (Å²) in [6.45, 7) is 4.76. The highest BCUT2D eigenvalue weighted by Crippen LogP contribution is 2.57. The molecule has 1 aliphatic rings. The van der Waals surface area contributed by atoms with Gasteiger partial charge in [0.15, 0.2) is 5.82 Å². The van der Waals surface area contributed by atoms with Crippen molar-refractivity contribution in [1.82, 2.24) is 19.7 Å². The van der Waals surface area contributed by atoms with Crippen molar-refractivity contribution in [2.75, 3.05) is 5.32 Å². The Bertz CT molecular complexity index is 1000. The molecule has 7 heteroatoms. The van der Waals surface area contributed by atoms with Gasteiger partial charge in [-0.05, 0) is 37.5 Å². The highest BCUT2D eigenvalue weighted by atomic mass is 35.5. The number of hydrogen-bond donors (Lipinski definition) is 1. The van der Waals surface area contributed by atoms with Gasteiger partial charge in [-0.2, -0.15) is 5.10 Å². The van der Waals surface area contributed by atoms with E-state index in [2.05, 4.69) is 39.4 Å². The lowest BCUT2D eigenvalue weighted by Gasteiger charge is -2.18. The molecule has 0 radical (unpaired) electrons. The summed E-state index contributed by atoms with van der Waals surface area (Å²) in [5, 5.41) is 8.06. The van der Waals surface area contributed by atoms with E-state index < -0.39 is 0 Å². The number of nitrogens with one attached hydrogen (secondary N) is 1. The van der Waals surface area contributed by atoms with Gasteiger partial charge < -0.3 is 5.32 Å². The van der Waals surface area contributed by atoms with Crippen LogP contribution in [0, 0.1) is 12.8 Å². The van der Waals surface area contributed by atoms with Crippen LogP contribution in [0.1, 0.15) is 37.0 Å². The minimum atomic E-state index is -0.192. The van der Waals surface area contributed by atoms with Crippen LogP contribution in [0.3, 0.4) is 0 Å². The normalized spacial score (nSPS) is 20.4. The third-order valence-electron chi connectivity index (χ3n) is 5.71. The molecule has 1 aromatic carbocycles. The van der Waals surface area contributed by atoms with Gasteiger partial charge in [0.05, 0.1) is 5.02 Å². The Morgan fingerprint density at radius 3 is 2.72 bits per heavy atom. The van der Waals surface area contributed by atoms with Gasteiger partial charge in [-0.1, -0.05) is 48.9 Å². The Balaban J connectivity index is 1.52. The lowest BCUT2D eigenvalue weighted by molar-refractivity contribution is -0.117. The van der Waals surface area contributed by atoms with Crippen molar-refractivity contribution in [2.24, 2.45) is 5.92 Å². The maximum atomic E-state index is 13.0. The second-order valence-electron chi connectivity index (χ2n) is 7.53. The molecule has 1 saturated carbocycles. The van der Waals surface area contributed by atoms with E-state index in [9.17, 15) is 4.79 Å². The van der Waals surface area contributed by atoms with Gasteiger partial charge in [0.2, 0.25) is 5.91 Å².